The molecule has 7 heteroatoms. The summed E-state index contributed by atoms with van der Waals surface area (Å²) in [6.45, 7) is 1.97. The number of rotatable bonds is 8. The minimum atomic E-state index is -3.33. The first-order chi connectivity index (χ1) is 15.1. The molecule has 0 atom stereocenters. The molecule has 0 fully saturated rings. The fraction of sp³-hybridized carbons (Fsp3) is 0.167. The van der Waals surface area contributed by atoms with Crippen molar-refractivity contribution in [3.8, 4) is 28.1 Å². The van der Waals surface area contributed by atoms with Crippen LogP contribution in [0.5, 0.6) is 0 Å². The van der Waals surface area contributed by atoms with Crippen molar-refractivity contribution in [3.63, 3.8) is 0 Å². The Morgan fingerprint density at radius 1 is 0.903 bits per heavy atom. The SMILES string of the molecule is CCCCS(=O)(=O)Nc1ccc(-c2cn(-c3ccccc3)nc2-c2ccncc2)cc1. The molecule has 2 heterocycles. The monoisotopic (exact) mass is 432 g/mol. The van der Waals surface area contributed by atoms with Gasteiger partial charge in [-0.25, -0.2) is 13.1 Å². The Bertz CT molecular complexity index is 1240. The minimum Gasteiger partial charge on any atom is -0.284 e. The van der Waals surface area contributed by atoms with E-state index in [1.807, 2.05) is 72.4 Å². The molecular weight excluding hydrogens is 408 g/mol. The molecule has 0 aliphatic rings. The van der Waals surface area contributed by atoms with Crippen molar-refractivity contribution in [2.75, 3.05) is 10.5 Å². The van der Waals surface area contributed by atoms with Gasteiger partial charge in [0.1, 0.15) is 5.69 Å². The van der Waals surface area contributed by atoms with Crippen LogP contribution in [0, 0.1) is 0 Å². The van der Waals surface area contributed by atoms with E-state index in [4.69, 9.17) is 5.10 Å². The normalized spacial score (nSPS) is 11.4. The molecule has 2 aromatic heterocycles. The van der Waals surface area contributed by atoms with Gasteiger partial charge in [0.15, 0.2) is 0 Å². The number of nitrogens with one attached hydrogen (secondary N) is 1. The van der Waals surface area contributed by atoms with E-state index in [-0.39, 0.29) is 5.75 Å². The summed E-state index contributed by atoms with van der Waals surface area (Å²) in [4.78, 5) is 4.11. The van der Waals surface area contributed by atoms with Crippen molar-refractivity contribution >= 4 is 15.7 Å². The molecule has 31 heavy (non-hydrogen) atoms. The lowest BCUT2D eigenvalue weighted by atomic mass is 10.0. The molecule has 4 rings (SSSR count). The Morgan fingerprint density at radius 2 is 1.61 bits per heavy atom. The average molecular weight is 433 g/mol. The molecule has 2 aromatic carbocycles. The fourth-order valence-electron chi connectivity index (χ4n) is 3.30. The van der Waals surface area contributed by atoms with Crippen LogP contribution < -0.4 is 4.72 Å². The van der Waals surface area contributed by atoms with Crippen LogP contribution in [0.2, 0.25) is 0 Å². The third-order valence-electron chi connectivity index (χ3n) is 4.92. The van der Waals surface area contributed by atoms with Gasteiger partial charge in [-0.05, 0) is 48.4 Å². The number of aromatic nitrogens is 3. The second-order valence-electron chi connectivity index (χ2n) is 7.26. The summed E-state index contributed by atoms with van der Waals surface area (Å²) in [5.74, 6) is 0.126. The fourth-order valence-corrected chi connectivity index (χ4v) is 4.57. The molecule has 158 valence electrons. The number of anilines is 1. The molecule has 0 radical (unpaired) electrons. The molecule has 0 amide bonds. The number of sulfonamides is 1. The molecule has 4 aromatic rings. The number of hydrogen-bond acceptors (Lipinski definition) is 4. The smallest absolute Gasteiger partial charge is 0.232 e. The van der Waals surface area contributed by atoms with Crippen LogP contribution in [0.3, 0.4) is 0 Å². The van der Waals surface area contributed by atoms with Crippen LogP contribution in [0.1, 0.15) is 19.8 Å². The predicted molar refractivity (Wildman–Crippen MR) is 125 cm³/mol. The molecule has 0 aliphatic carbocycles. The number of hydrogen-bond donors (Lipinski definition) is 1. The van der Waals surface area contributed by atoms with E-state index in [2.05, 4.69) is 9.71 Å². The van der Waals surface area contributed by atoms with Crippen LogP contribution in [0.25, 0.3) is 28.1 Å². The second kappa shape index (κ2) is 9.14. The van der Waals surface area contributed by atoms with E-state index in [1.165, 1.54) is 0 Å². The maximum Gasteiger partial charge on any atom is 0.232 e. The van der Waals surface area contributed by atoms with Gasteiger partial charge in [0.05, 0.1) is 11.4 Å². The van der Waals surface area contributed by atoms with Gasteiger partial charge < -0.3 is 0 Å². The standard InChI is InChI=1S/C24H24N4O2S/c1-2-3-17-31(29,30)27-21-11-9-19(10-12-21)23-18-28(22-7-5-4-6-8-22)26-24(23)20-13-15-25-16-14-20/h4-16,18,27H,2-3,17H2,1H3. The largest absolute Gasteiger partial charge is 0.284 e. The average Bonchev–Trinajstić information content (AvgIpc) is 3.25. The Hall–Kier alpha value is -3.45. The summed E-state index contributed by atoms with van der Waals surface area (Å²) in [5, 5.41) is 4.82. The molecule has 0 unspecified atom stereocenters. The number of para-hydroxylation sites is 1. The van der Waals surface area contributed by atoms with Crippen LogP contribution in [-0.4, -0.2) is 28.9 Å². The zero-order chi connectivity index (χ0) is 21.7. The van der Waals surface area contributed by atoms with Gasteiger partial charge in [-0.2, -0.15) is 5.10 Å². The molecule has 0 saturated heterocycles. The van der Waals surface area contributed by atoms with Gasteiger partial charge in [0.25, 0.3) is 0 Å². The van der Waals surface area contributed by atoms with Crippen molar-refractivity contribution in [1.29, 1.82) is 0 Å². The van der Waals surface area contributed by atoms with Crippen LogP contribution >= 0.6 is 0 Å². The highest BCUT2D eigenvalue weighted by atomic mass is 32.2. The third-order valence-corrected chi connectivity index (χ3v) is 6.30. The Labute approximate surface area is 182 Å². The highest BCUT2D eigenvalue weighted by Crippen LogP contribution is 2.32. The first kappa shape index (κ1) is 20.8. The molecular formula is C24H24N4O2S. The Kier molecular flexibility index (Phi) is 6.13. The zero-order valence-electron chi connectivity index (χ0n) is 17.3. The van der Waals surface area contributed by atoms with E-state index in [0.29, 0.717) is 12.1 Å². The van der Waals surface area contributed by atoms with E-state index in [1.54, 1.807) is 24.5 Å². The van der Waals surface area contributed by atoms with Gasteiger partial charge in [-0.15, -0.1) is 0 Å². The second-order valence-corrected chi connectivity index (χ2v) is 9.10. The Balaban J connectivity index is 1.69. The van der Waals surface area contributed by atoms with Crippen LogP contribution in [0.15, 0.2) is 85.3 Å². The van der Waals surface area contributed by atoms with Crippen molar-refractivity contribution in [1.82, 2.24) is 14.8 Å². The highest BCUT2D eigenvalue weighted by molar-refractivity contribution is 7.92. The highest BCUT2D eigenvalue weighted by Gasteiger charge is 2.15. The van der Waals surface area contributed by atoms with Gasteiger partial charge >= 0.3 is 0 Å². The quantitative estimate of drug-likeness (QED) is 0.418. The summed E-state index contributed by atoms with van der Waals surface area (Å²) >= 11 is 0. The summed E-state index contributed by atoms with van der Waals surface area (Å²) < 4.78 is 28.9. The maximum atomic E-state index is 12.2. The summed E-state index contributed by atoms with van der Waals surface area (Å²) in [5.41, 5.74) is 5.22. The molecule has 0 spiro atoms. The van der Waals surface area contributed by atoms with Gasteiger partial charge in [0, 0.05) is 35.4 Å². The van der Waals surface area contributed by atoms with Crippen molar-refractivity contribution in [2.24, 2.45) is 0 Å². The molecule has 0 bridgehead atoms. The first-order valence-corrected chi connectivity index (χ1v) is 11.9. The van der Waals surface area contributed by atoms with Gasteiger partial charge in [-0.1, -0.05) is 43.7 Å². The molecule has 0 saturated carbocycles. The van der Waals surface area contributed by atoms with E-state index in [9.17, 15) is 8.42 Å². The lowest BCUT2D eigenvalue weighted by molar-refractivity contribution is 0.598. The number of benzene rings is 2. The number of unbranched alkanes of at least 4 members (excludes halogenated alkanes) is 1. The summed E-state index contributed by atoms with van der Waals surface area (Å²) in [6, 6.07) is 21.2. The lowest BCUT2D eigenvalue weighted by Gasteiger charge is -2.08. The molecule has 0 aliphatic heterocycles. The van der Waals surface area contributed by atoms with E-state index >= 15 is 0 Å². The van der Waals surface area contributed by atoms with Crippen molar-refractivity contribution < 1.29 is 8.42 Å². The summed E-state index contributed by atoms with van der Waals surface area (Å²) in [6.07, 6.45) is 6.96. The van der Waals surface area contributed by atoms with Crippen LogP contribution in [-0.2, 0) is 10.0 Å². The van der Waals surface area contributed by atoms with E-state index < -0.39 is 10.0 Å². The van der Waals surface area contributed by atoms with Crippen molar-refractivity contribution in [3.05, 3.63) is 85.3 Å². The first-order valence-electron chi connectivity index (χ1n) is 10.2. The summed E-state index contributed by atoms with van der Waals surface area (Å²) in [7, 11) is -3.33. The van der Waals surface area contributed by atoms with Crippen LogP contribution in [0.4, 0.5) is 5.69 Å². The zero-order valence-corrected chi connectivity index (χ0v) is 18.1. The van der Waals surface area contributed by atoms with Crippen molar-refractivity contribution in [2.45, 2.75) is 19.8 Å². The van der Waals surface area contributed by atoms with Gasteiger partial charge in [0.2, 0.25) is 10.0 Å². The number of pyridine rings is 1. The third kappa shape index (κ3) is 5.00. The minimum absolute atomic E-state index is 0.126. The molecule has 1 N–H and O–H groups in total. The Morgan fingerprint density at radius 3 is 2.29 bits per heavy atom. The van der Waals surface area contributed by atoms with Gasteiger partial charge in [-0.3, -0.25) is 9.71 Å². The van der Waals surface area contributed by atoms with E-state index in [0.717, 1.165) is 34.5 Å². The number of nitrogens with zero attached hydrogens (tertiary/aromatic N) is 3. The maximum absolute atomic E-state index is 12.2. The predicted octanol–water partition coefficient (Wildman–Crippen LogP) is 5.14. The lowest BCUT2D eigenvalue weighted by Crippen LogP contribution is -2.16. The topological polar surface area (TPSA) is 76.9 Å². The molecule has 6 nitrogen and oxygen atoms in total.